The van der Waals surface area contributed by atoms with Gasteiger partial charge < -0.3 is 15.0 Å². The van der Waals surface area contributed by atoms with E-state index in [0.29, 0.717) is 19.6 Å². The molecule has 1 heterocycles. The van der Waals surface area contributed by atoms with Gasteiger partial charge in [-0.05, 0) is 37.0 Å². The molecule has 0 bridgehead atoms. The molecule has 1 fully saturated rings. The quantitative estimate of drug-likeness (QED) is 0.520. The Balaban J connectivity index is 1.72. The molecule has 0 spiro atoms. The average molecular weight is 474 g/mol. The molecule has 0 aliphatic carbocycles. The van der Waals surface area contributed by atoms with E-state index in [4.69, 9.17) is 4.74 Å². The van der Waals surface area contributed by atoms with Crippen molar-refractivity contribution in [3.05, 3.63) is 66.2 Å². The number of nitrogens with one attached hydrogen (secondary N) is 2. The molecule has 2 amide bonds. The van der Waals surface area contributed by atoms with E-state index >= 15 is 0 Å². The molecule has 1 saturated heterocycles. The Labute approximate surface area is 195 Å². The summed E-state index contributed by atoms with van der Waals surface area (Å²) in [7, 11) is -3.85. The van der Waals surface area contributed by atoms with E-state index in [-0.39, 0.29) is 23.5 Å². The minimum absolute atomic E-state index is 0.0117. The molecule has 1 aliphatic rings. The number of rotatable bonds is 11. The lowest BCUT2D eigenvalue weighted by Crippen LogP contribution is -2.52. The van der Waals surface area contributed by atoms with Crippen LogP contribution in [0.2, 0.25) is 0 Å². The Morgan fingerprint density at radius 1 is 1.09 bits per heavy atom. The first-order valence-electron chi connectivity index (χ1n) is 11.2. The number of amides is 2. The highest BCUT2D eigenvalue weighted by atomic mass is 32.2. The van der Waals surface area contributed by atoms with Crippen molar-refractivity contribution in [3.8, 4) is 0 Å². The normalized spacial score (nSPS) is 16.8. The van der Waals surface area contributed by atoms with E-state index in [1.165, 1.54) is 17.0 Å². The highest BCUT2D eigenvalue weighted by molar-refractivity contribution is 7.89. The molecular weight excluding hydrogens is 442 g/mol. The van der Waals surface area contributed by atoms with Crippen LogP contribution < -0.4 is 10.0 Å². The Morgan fingerprint density at radius 3 is 2.36 bits per heavy atom. The van der Waals surface area contributed by atoms with Gasteiger partial charge in [-0.25, -0.2) is 13.1 Å². The van der Waals surface area contributed by atoms with Gasteiger partial charge in [0.05, 0.1) is 17.5 Å². The summed E-state index contributed by atoms with van der Waals surface area (Å²) in [5, 5.41) is 2.90. The molecule has 8 nitrogen and oxygen atoms in total. The van der Waals surface area contributed by atoms with Gasteiger partial charge in [0.25, 0.3) is 0 Å². The molecule has 0 radical (unpaired) electrons. The molecule has 3 rings (SSSR count). The van der Waals surface area contributed by atoms with Gasteiger partial charge in [0.1, 0.15) is 6.04 Å². The van der Waals surface area contributed by atoms with Crippen molar-refractivity contribution in [3.63, 3.8) is 0 Å². The smallest absolute Gasteiger partial charge is 0.242 e. The first-order chi connectivity index (χ1) is 15.9. The van der Waals surface area contributed by atoms with Gasteiger partial charge in [0.2, 0.25) is 21.8 Å². The van der Waals surface area contributed by atoms with Crippen LogP contribution in [0.3, 0.4) is 0 Å². The Kier molecular flexibility index (Phi) is 8.99. The number of hydrogen-bond donors (Lipinski definition) is 2. The van der Waals surface area contributed by atoms with Crippen molar-refractivity contribution >= 4 is 21.8 Å². The summed E-state index contributed by atoms with van der Waals surface area (Å²) in [6, 6.07) is 16.4. The maximum Gasteiger partial charge on any atom is 0.242 e. The first kappa shape index (κ1) is 24.9. The second kappa shape index (κ2) is 11.9. The fourth-order valence-electron chi connectivity index (χ4n) is 3.78. The predicted octanol–water partition coefficient (Wildman–Crippen LogP) is 2.07. The number of sulfonamides is 1. The van der Waals surface area contributed by atoms with Gasteiger partial charge in [0.15, 0.2) is 0 Å². The van der Waals surface area contributed by atoms with Gasteiger partial charge in [-0.3, -0.25) is 9.59 Å². The lowest BCUT2D eigenvalue weighted by Gasteiger charge is -2.31. The predicted molar refractivity (Wildman–Crippen MR) is 125 cm³/mol. The third-order valence-electron chi connectivity index (χ3n) is 5.58. The molecule has 0 saturated carbocycles. The van der Waals surface area contributed by atoms with Gasteiger partial charge in [-0.1, -0.05) is 55.5 Å². The lowest BCUT2D eigenvalue weighted by molar-refractivity contribution is -0.140. The molecule has 0 aromatic heterocycles. The molecule has 9 heteroatoms. The summed E-state index contributed by atoms with van der Waals surface area (Å²) < 4.78 is 33.1. The highest BCUT2D eigenvalue weighted by Gasteiger charge is 2.30. The number of carbonyl (C=O) groups excluding carboxylic acids is 2. The number of carbonyl (C=O) groups is 2. The van der Waals surface area contributed by atoms with Crippen LogP contribution in [0.5, 0.6) is 0 Å². The third kappa shape index (κ3) is 7.12. The van der Waals surface area contributed by atoms with Crippen molar-refractivity contribution in [1.82, 2.24) is 14.9 Å². The van der Waals surface area contributed by atoms with Crippen LogP contribution >= 0.6 is 0 Å². The van der Waals surface area contributed by atoms with Gasteiger partial charge in [-0.15, -0.1) is 0 Å². The highest BCUT2D eigenvalue weighted by Crippen LogP contribution is 2.14. The van der Waals surface area contributed by atoms with Crippen LogP contribution in [0.1, 0.15) is 31.7 Å². The Morgan fingerprint density at radius 2 is 1.76 bits per heavy atom. The van der Waals surface area contributed by atoms with E-state index < -0.39 is 28.5 Å². The van der Waals surface area contributed by atoms with E-state index in [1.54, 1.807) is 18.2 Å². The zero-order chi connectivity index (χ0) is 23.7. The van der Waals surface area contributed by atoms with Crippen LogP contribution in [0.4, 0.5) is 0 Å². The molecule has 2 aromatic rings. The van der Waals surface area contributed by atoms with Crippen LogP contribution in [0, 0.1) is 0 Å². The summed E-state index contributed by atoms with van der Waals surface area (Å²) in [5.74, 6) is -0.749. The number of nitrogens with zero attached hydrogens (tertiary/aromatic N) is 1. The van der Waals surface area contributed by atoms with Crippen LogP contribution in [-0.2, 0) is 30.9 Å². The van der Waals surface area contributed by atoms with Crippen molar-refractivity contribution in [1.29, 1.82) is 0 Å². The van der Waals surface area contributed by atoms with Gasteiger partial charge in [0, 0.05) is 19.7 Å². The van der Waals surface area contributed by atoms with Crippen molar-refractivity contribution < 1.29 is 22.7 Å². The van der Waals surface area contributed by atoms with Crippen molar-refractivity contribution in [2.75, 3.05) is 19.7 Å². The summed E-state index contributed by atoms with van der Waals surface area (Å²) in [5.41, 5.74) is 0.849. The standard InChI is InChI=1S/C24H31N3O5S/c1-2-22(24(29)25-16-20-12-9-15-32-20)27(18-19-10-5-3-6-11-19)23(28)17-26-33(30,31)21-13-7-4-8-14-21/h3-8,10-11,13-14,20,22,26H,2,9,12,15-18H2,1H3,(H,25,29)/t20-,22+/m1/s1. The summed E-state index contributed by atoms with van der Waals surface area (Å²) in [6.07, 6.45) is 2.24. The van der Waals surface area contributed by atoms with E-state index in [1.807, 2.05) is 37.3 Å². The van der Waals surface area contributed by atoms with E-state index in [0.717, 1.165) is 18.4 Å². The second-order valence-corrected chi connectivity index (χ2v) is 9.72. The maximum atomic E-state index is 13.2. The summed E-state index contributed by atoms with van der Waals surface area (Å²) in [6.45, 7) is 2.66. The molecule has 33 heavy (non-hydrogen) atoms. The molecule has 178 valence electrons. The van der Waals surface area contributed by atoms with E-state index in [2.05, 4.69) is 10.0 Å². The monoisotopic (exact) mass is 473 g/mol. The molecular formula is C24H31N3O5S. The Hall–Kier alpha value is -2.75. The molecule has 1 aliphatic heterocycles. The topological polar surface area (TPSA) is 105 Å². The summed E-state index contributed by atoms with van der Waals surface area (Å²) >= 11 is 0. The summed E-state index contributed by atoms with van der Waals surface area (Å²) in [4.78, 5) is 27.7. The van der Waals surface area contributed by atoms with Gasteiger partial charge >= 0.3 is 0 Å². The maximum absolute atomic E-state index is 13.2. The fourth-order valence-corrected chi connectivity index (χ4v) is 4.77. The fraction of sp³-hybridized carbons (Fsp3) is 0.417. The molecule has 2 aromatic carbocycles. The van der Waals surface area contributed by atoms with Gasteiger partial charge in [-0.2, -0.15) is 0 Å². The zero-order valence-electron chi connectivity index (χ0n) is 18.8. The van der Waals surface area contributed by atoms with Crippen LogP contribution in [-0.4, -0.2) is 57.0 Å². The largest absolute Gasteiger partial charge is 0.376 e. The molecule has 0 unspecified atom stereocenters. The van der Waals surface area contributed by atoms with Crippen LogP contribution in [0.25, 0.3) is 0 Å². The first-order valence-corrected chi connectivity index (χ1v) is 12.7. The third-order valence-corrected chi connectivity index (χ3v) is 6.99. The number of hydrogen-bond acceptors (Lipinski definition) is 5. The second-order valence-electron chi connectivity index (χ2n) is 7.95. The lowest BCUT2D eigenvalue weighted by atomic mass is 10.1. The number of benzene rings is 2. The number of ether oxygens (including phenoxy) is 1. The average Bonchev–Trinajstić information content (AvgIpc) is 3.36. The minimum Gasteiger partial charge on any atom is -0.376 e. The molecule has 2 N–H and O–H groups in total. The zero-order valence-corrected chi connectivity index (χ0v) is 19.6. The SMILES string of the molecule is CC[C@@H](C(=O)NC[C@H]1CCCO1)N(Cc1ccccc1)C(=O)CNS(=O)(=O)c1ccccc1. The van der Waals surface area contributed by atoms with E-state index in [9.17, 15) is 18.0 Å². The Bertz CT molecular complexity index is 1010. The van der Waals surface area contributed by atoms with Crippen LogP contribution in [0.15, 0.2) is 65.6 Å². The van der Waals surface area contributed by atoms with Crippen molar-refractivity contribution in [2.45, 2.75) is 49.8 Å². The molecule has 2 atom stereocenters. The minimum atomic E-state index is -3.85. The van der Waals surface area contributed by atoms with Crippen molar-refractivity contribution in [2.24, 2.45) is 0 Å².